The smallest absolute Gasteiger partial charge is 0.313 e. The van der Waals surface area contributed by atoms with Crippen LogP contribution in [0, 0.1) is 35.5 Å². The Morgan fingerprint density at radius 2 is 0.800 bits per heavy atom. The fourth-order valence-electron chi connectivity index (χ4n) is 9.25. The van der Waals surface area contributed by atoms with Gasteiger partial charge in [0.25, 0.3) is 0 Å². The number of ether oxygens (including phenoxy) is 2. The third-order valence-electron chi connectivity index (χ3n) is 9.31. The van der Waals surface area contributed by atoms with E-state index in [9.17, 15) is 14.4 Å². The molecule has 0 N–H and O–H groups in total. The summed E-state index contributed by atoms with van der Waals surface area (Å²) < 4.78 is 11.8. The van der Waals surface area contributed by atoms with Gasteiger partial charge in [0.05, 0.1) is 0 Å². The number of carbonyl (C=O) groups is 3. The summed E-state index contributed by atoms with van der Waals surface area (Å²) in [6.45, 7) is 0. The molecule has 8 fully saturated rings. The molecule has 164 valence electrons. The molecule has 0 atom stereocenters. The van der Waals surface area contributed by atoms with Gasteiger partial charge in [-0.05, 0) is 113 Å². The highest BCUT2D eigenvalue weighted by molar-refractivity contribution is 6.03. The number of Topliss-reactive ketones (excluding diaryl/α,β-unsaturated/α-hetero) is 1. The quantitative estimate of drug-likeness (QED) is 0.477. The molecule has 0 radical (unpaired) electrons. The fraction of sp³-hybridized carbons (Fsp3) is 0.880. The van der Waals surface area contributed by atoms with Gasteiger partial charge in [-0.15, -0.1) is 0 Å². The number of carbonyl (C=O) groups excluding carboxylic acids is 3. The van der Waals surface area contributed by atoms with E-state index in [0.29, 0.717) is 35.5 Å². The first-order valence-corrected chi connectivity index (χ1v) is 12.3. The molecule has 5 nitrogen and oxygen atoms in total. The number of rotatable bonds is 6. The maximum atomic E-state index is 12.5. The molecule has 30 heavy (non-hydrogen) atoms. The van der Waals surface area contributed by atoms with E-state index in [4.69, 9.17) is 9.47 Å². The Bertz CT molecular complexity index is 635. The van der Waals surface area contributed by atoms with Gasteiger partial charge in [-0.2, -0.15) is 0 Å². The van der Waals surface area contributed by atoms with Crippen molar-refractivity contribution in [1.29, 1.82) is 0 Å². The summed E-state index contributed by atoms with van der Waals surface area (Å²) in [4.78, 5) is 37.5. The number of ketones is 1. The Kier molecular flexibility index (Phi) is 4.38. The lowest BCUT2D eigenvalue weighted by atomic mass is 9.54. The van der Waals surface area contributed by atoms with Gasteiger partial charge in [0.2, 0.25) is 0 Å². The van der Waals surface area contributed by atoms with Crippen molar-refractivity contribution < 1.29 is 23.9 Å². The lowest BCUT2D eigenvalue weighted by molar-refractivity contribution is -0.187. The second-order valence-corrected chi connectivity index (χ2v) is 12.0. The van der Waals surface area contributed by atoms with E-state index in [2.05, 4.69) is 0 Å². The van der Waals surface area contributed by atoms with Crippen LogP contribution in [0.15, 0.2) is 0 Å². The summed E-state index contributed by atoms with van der Waals surface area (Å²) in [5.74, 6) is 2.90. The van der Waals surface area contributed by atoms with Crippen LogP contribution in [0.25, 0.3) is 0 Å². The molecule has 0 aromatic carbocycles. The minimum absolute atomic E-state index is 0.294. The van der Waals surface area contributed by atoms with E-state index < -0.39 is 11.9 Å². The molecular formula is C25H34O5. The maximum absolute atomic E-state index is 12.5. The van der Waals surface area contributed by atoms with Crippen LogP contribution in [0.3, 0.4) is 0 Å². The molecule has 0 saturated heterocycles. The zero-order chi connectivity index (χ0) is 20.5. The molecule has 0 aromatic rings. The zero-order valence-electron chi connectivity index (χ0n) is 17.9. The standard InChI is InChI=1S/C25H34O5/c26-21(7-22(27)29-24-9-15-1-16(10-24)3-17(2-15)11-24)8-23(28)30-25-12-18-4-19(13-25)6-20(5-18)14-25/h15-20H,1-14H2. The van der Waals surface area contributed by atoms with Crippen molar-refractivity contribution in [2.45, 2.75) is 101 Å². The van der Waals surface area contributed by atoms with Gasteiger partial charge in [0.15, 0.2) is 5.78 Å². The fourth-order valence-corrected chi connectivity index (χ4v) is 9.25. The molecule has 0 heterocycles. The Balaban J connectivity index is 1.01. The summed E-state index contributed by atoms with van der Waals surface area (Å²) in [6.07, 6.45) is 12.9. The monoisotopic (exact) mass is 414 g/mol. The highest BCUT2D eigenvalue weighted by atomic mass is 16.6. The van der Waals surface area contributed by atoms with Gasteiger partial charge in [-0.25, -0.2) is 0 Å². The highest BCUT2D eigenvalue weighted by Crippen LogP contribution is 2.58. The summed E-state index contributed by atoms with van der Waals surface area (Å²) >= 11 is 0. The largest absolute Gasteiger partial charge is 0.459 e. The lowest BCUT2D eigenvalue weighted by Gasteiger charge is -2.55. The molecule has 5 heteroatoms. The summed E-state index contributed by atoms with van der Waals surface area (Å²) in [6, 6.07) is 0. The van der Waals surface area contributed by atoms with Crippen LogP contribution in [0.5, 0.6) is 0 Å². The van der Waals surface area contributed by atoms with Crippen molar-refractivity contribution in [1.82, 2.24) is 0 Å². The van der Waals surface area contributed by atoms with Crippen LogP contribution < -0.4 is 0 Å². The topological polar surface area (TPSA) is 69.7 Å². The Morgan fingerprint density at radius 3 is 1.07 bits per heavy atom. The van der Waals surface area contributed by atoms with Gasteiger partial charge in [0.1, 0.15) is 24.0 Å². The number of esters is 2. The van der Waals surface area contributed by atoms with Gasteiger partial charge in [0, 0.05) is 0 Å². The zero-order valence-corrected chi connectivity index (χ0v) is 17.9. The van der Waals surface area contributed by atoms with Crippen LogP contribution in [-0.4, -0.2) is 28.9 Å². The first-order chi connectivity index (χ1) is 14.4. The summed E-state index contributed by atoms with van der Waals surface area (Å²) in [5.41, 5.74) is -0.655. The second-order valence-electron chi connectivity index (χ2n) is 12.0. The molecule has 0 spiro atoms. The summed E-state index contributed by atoms with van der Waals surface area (Å²) in [5, 5.41) is 0. The van der Waals surface area contributed by atoms with Crippen molar-refractivity contribution >= 4 is 17.7 Å². The average molecular weight is 415 g/mol. The number of hydrogen-bond acceptors (Lipinski definition) is 5. The molecule has 8 aliphatic carbocycles. The molecule has 8 rings (SSSR count). The van der Waals surface area contributed by atoms with E-state index >= 15 is 0 Å². The predicted octanol–water partition coefficient (Wildman–Crippen LogP) is 4.36. The van der Waals surface area contributed by atoms with Crippen LogP contribution in [0.2, 0.25) is 0 Å². The minimum Gasteiger partial charge on any atom is -0.459 e. The maximum Gasteiger partial charge on any atom is 0.313 e. The van der Waals surface area contributed by atoms with E-state index in [1.807, 2.05) is 0 Å². The van der Waals surface area contributed by atoms with Crippen molar-refractivity contribution in [2.75, 3.05) is 0 Å². The van der Waals surface area contributed by atoms with E-state index in [0.717, 1.165) is 38.5 Å². The van der Waals surface area contributed by atoms with E-state index in [1.165, 1.54) is 38.5 Å². The molecule has 0 amide bonds. The minimum atomic E-state index is -0.440. The SMILES string of the molecule is O=C(CC(=O)OC12CC3CC(CC(C3)C1)C2)CC(=O)OC12CC3CC(CC(C3)C1)C2. The Labute approximate surface area is 178 Å². The van der Waals surface area contributed by atoms with Crippen molar-refractivity contribution in [3.63, 3.8) is 0 Å². The molecule has 0 unspecified atom stereocenters. The first-order valence-electron chi connectivity index (χ1n) is 12.3. The Hall–Kier alpha value is -1.39. The molecule has 8 bridgehead atoms. The van der Waals surface area contributed by atoms with Crippen LogP contribution >= 0.6 is 0 Å². The highest BCUT2D eigenvalue weighted by Gasteiger charge is 2.54. The van der Waals surface area contributed by atoms with Crippen LogP contribution in [-0.2, 0) is 23.9 Å². The van der Waals surface area contributed by atoms with Gasteiger partial charge in [-0.3, -0.25) is 14.4 Å². The van der Waals surface area contributed by atoms with E-state index in [1.54, 1.807) is 0 Å². The molecule has 8 saturated carbocycles. The lowest BCUT2D eigenvalue weighted by Crippen LogP contribution is -2.53. The normalized spacial score (nSPS) is 47.3. The molecular weight excluding hydrogens is 380 g/mol. The summed E-state index contributed by atoms with van der Waals surface area (Å²) in [7, 11) is 0. The molecule has 0 aliphatic heterocycles. The van der Waals surface area contributed by atoms with Gasteiger partial charge in [-0.1, -0.05) is 0 Å². The van der Waals surface area contributed by atoms with Crippen molar-refractivity contribution in [3.05, 3.63) is 0 Å². The van der Waals surface area contributed by atoms with Gasteiger partial charge < -0.3 is 9.47 Å². The number of hydrogen-bond donors (Lipinski definition) is 0. The first kappa shape index (κ1) is 19.3. The molecule has 8 aliphatic rings. The third kappa shape index (κ3) is 3.50. The van der Waals surface area contributed by atoms with Crippen molar-refractivity contribution in [2.24, 2.45) is 35.5 Å². The average Bonchev–Trinajstić information content (AvgIpc) is 2.57. The van der Waals surface area contributed by atoms with E-state index in [-0.39, 0.29) is 29.8 Å². The predicted molar refractivity (Wildman–Crippen MR) is 108 cm³/mol. The third-order valence-corrected chi connectivity index (χ3v) is 9.31. The van der Waals surface area contributed by atoms with Crippen molar-refractivity contribution in [3.8, 4) is 0 Å². The van der Waals surface area contributed by atoms with Crippen LogP contribution in [0.1, 0.15) is 89.9 Å². The molecule has 0 aromatic heterocycles. The Morgan fingerprint density at radius 1 is 0.533 bits per heavy atom. The van der Waals surface area contributed by atoms with Gasteiger partial charge >= 0.3 is 11.9 Å². The van der Waals surface area contributed by atoms with Crippen LogP contribution in [0.4, 0.5) is 0 Å². The second kappa shape index (κ2) is 6.80.